The van der Waals surface area contributed by atoms with Crippen LogP contribution in [0.4, 0.5) is 0 Å². The average Bonchev–Trinajstić information content (AvgIpc) is 2.65. The maximum Gasteiger partial charge on any atom is 0.0492 e. The topological polar surface area (TPSA) is 29.9 Å². The molecule has 1 aromatic heterocycles. The molecular formula is C17H31N3. The summed E-state index contributed by atoms with van der Waals surface area (Å²) >= 11 is 0. The number of rotatable bonds is 7. The number of aryl methyl sites for hydroxylation is 2. The summed E-state index contributed by atoms with van der Waals surface area (Å²) in [5.41, 5.74) is 2.24. The van der Waals surface area contributed by atoms with Crippen molar-refractivity contribution in [2.24, 2.45) is 23.8 Å². The van der Waals surface area contributed by atoms with Gasteiger partial charge >= 0.3 is 0 Å². The molecule has 1 heterocycles. The molecule has 0 spiro atoms. The van der Waals surface area contributed by atoms with Gasteiger partial charge in [-0.2, -0.15) is 5.10 Å². The van der Waals surface area contributed by atoms with Crippen molar-refractivity contribution in [3.8, 4) is 0 Å². The third kappa shape index (κ3) is 2.65. The molecule has 0 amide bonds. The van der Waals surface area contributed by atoms with Crippen LogP contribution in [0.5, 0.6) is 0 Å². The second-order valence-corrected chi connectivity index (χ2v) is 7.47. The Morgan fingerprint density at radius 1 is 1.30 bits per heavy atom. The minimum atomic E-state index is 0.449. The molecule has 0 radical (unpaired) electrons. The number of aromatic nitrogens is 2. The lowest BCUT2D eigenvalue weighted by molar-refractivity contribution is 0.375. The summed E-state index contributed by atoms with van der Waals surface area (Å²) in [6.45, 7) is 13.0. The SMILES string of the molecule is CCCNC(CCc1ccnn1C)C1C(C)(C)C1(C)C. The Morgan fingerprint density at radius 3 is 2.40 bits per heavy atom. The molecular weight excluding hydrogens is 246 g/mol. The van der Waals surface area contributed by atoms with Crippen molar-refractivity contribution in [3.63, 3.8) is 0 Å². The van der Waals surface area contributed by atoms with Crippen LogP contribution < -0.4 is 5.32 Å². The van der Waals surface area contributed by atoms with Gasteiger partial charge in [-0.3, -0.25) is 4.68 Å². The van der Waals surface area contributed by atoms with Gasteiger partial charge in [-0.1, -0.05) is 34.6 Å². The van der Waals surface area contributed by atoms with E-state index >= 15 is 0 Å². The van der Waals surface area contributed by atoms with Gasteiger partial charge in [0, 0.05) is 25.0 Å². The Morgan fingerprint density at radius 2 is 1.95 bits per heavy atom. The van der Waals surface area contributed by atoms with Crippen LogP contribution in [0, 0.1) is 16.7 Å². The number of nitrogens with one attached hydrogen (secondary N) is 1. The predicted octanol–water partition coefficient (Wildman–Crippen LogP) is 3.40. The van der Waals surface area contributed by atoms with E-state index in [4.69, 9.17) is 0 Å². The zero-order valence-corrected chi connectivity index (χ0v) is 14.0. The first-order valence-corrected chi connectivity index (χ1v) is 8.02. The van der Waals surface area contributed by atoms with Gasteiger partial charge in [-0.25, -0.2) is 0 Å². The summed E-state index contributed by atoms with van der Waals surface area (Å²) in [5.74, 6) is 0.773. The first-order chi connectivity index (χ1) is 9.32. The van der Waals surface area contributed by atoms with E-state index in [2.05, 4.69) is 51.1 Å². The van der Waals surface area contributed by atoms with E-state index in [1.807, 2.05) is 17.9 Å². The van der Waals surface area contributed by atoms with Crippen LogP contribution in [-0.2, 0) is 13.5 Å². The van der Waals surface area contributed by atoms with Crippen LogP contribution >= 0.6 is 0 Å². The maximum atomic E-state index is 4.27. The molecule has 1 N–H and O–H groups in total. The van der Waals surface area contributed by atoms with Gasteiger partial charge < -0.3 is 5.32 Å². The van der Waals surface area contributed by atoms with Gasteiger partial charge in [0.2, 0.25) is 0 Å². The molecule has 3 heteroatoms. The van der Waals surface area contributed by atoms with Crippen LogP contribution in [-0.4, -0.2) is 22.4 Å². The van der Waals surface area contributed by atoms with Crippen molar-refractivity contribution >= 4 is 0 Å². The fourth-order valence-corrected chi connectivity index (χ4v) is 3.92. The minimum absolute atomic E-state index is 0.449. The van der Waals surface area contributed by atoms with E-state index in [0.29, 0.717) is 16.9 Å². The largest absolute Gasteiger partial charge is 0.314 e. The molecule has 114 valence electrons. The van der Waals surface area contributed by atoms with Crippen molar-refractivity contribution in [2.75, 3.05) is 6.54 Å². The molecule has 0 aromatic carbocycles. The third-order valence-corrected chi connectivity index (χ3v) is 5.83. The predicted molar refractivity (Wildman–Crippen MR) is 84.7 cm³/mol. The Bertz CT molecular complexity index is 431. The molecule has 0 saturated heterocycles. The normalized spacial score (nSPS) is 21.9. The molecule has 1 fully saturated rings. The standard InChI is InChI=1S/C17H31N3/c1-7-11-18-14(15-16(2,3)17(15,4)5)9-8-13-10-12-19-20(13)6/h10,12,14-15,18H,7-9,11H2,1-6H3. The van der Waals surface area contributed by atoms with Crippen molar-refractivity contribution in [2.45, 2.75) is 59.9 Å². The highest BCUT2D eigenvalue weighted by molar-refractivity contribution is 5.16. The van der Waals surface area contributed by atoms with E-state index in [1.165, 1.54) is 18.5 Å². The minimum Gasteiger partial charge on any atom is -0.314 e. The van der Waals surface area contributed by atoms with Gasteiger partial charge in [0.05, 0.1) is 0 Å². The van der Waals surface area contributed by atoms with Crippen molar-refractivity contribution in [1.82, 2.24) is 15.1 Å². The van der Waals surface area contributed by atoms with Gasteiger partial charge in [-0.15, -0.1) is 0 Å². The van der Waals surface area contributed by atoms with Crippen LogP contribution in [0.2, 0.25) is 0 Å². The van der Waals surface area contributed by atoms with Crippen LogP contribution in [0.25, 0.3) is 0 Å². The molecule has 0 aliphatic heterocycles. The van der Waals surface area contributed by atoms with E-state index in [0.717, 1.165) is 18.9 Å². The summed E-state index contributed by atoms with van der Waals surface area (Å²) < 4.78 is 2.00. The Kier molecular flexibility index (Phi) is 4.29. The lowest BCUT2D eigenvalue weighted by Crippen LogP contribution is -2.34. The van der Waals surface area contributed by atoms with Crippen LogP contribution in [0.15, 0.2) is 12.3 Å². The lowest BCUT2D eigenvalue weighted by Gasteiger charge is -2.21. The Hall–Kier alpha value is -0.830. The summed E-state index contributed by atoms with van der Waals surface area (Å²) in [6.07, 6.45) is 5.42. The quantitative estimate of drug-likeness (QED) is 0.828. The van der Waals surface area contributed by atoms with Crippen molar-refractivity contribution in [1.29, 1.82) is 0 Å². The number of nitrogens with zero attached hydrogens (tertiary/aromatic N) is 2. The second-order valence-electron chi connectivity index (χ2n) is 7.47. The maximum absolute atomic E-state index is 4.27. The van der Waals surface area contributed by atoms with Crippen LogP contribution in [0.1, 0.15) is 53.2 Å². The molecule has 1 aliphatic carbocycles. The number of hydrogen-bond donors (Lipinski definition) is 1. The summed E-state index contributed by atoms with van der Waals surface area (Å²) in [5, 5.41) is 8.07. The molecule has 2 rings (SSSR count). The highest BCUT2D eigenvalue weighted by Gasteiger charge is 2.66. The van der Waals surface area contributed by atoms with E-state index in [-0.39, 0.29) is 0 Å². The molecule has 1 unspecified atom stereocenters. The second kappa shape index (κ2) is 5.51. The van der Waals surface area contributed by atoms with E-state index < -0.39 is 0 Å². The molecule has 20 heavy (non-hydrogen) atoms. The van der Waals surface area contributed by atoms with Gasteiger partial charge in [0.25, 0.3) is 0 Å². The number of hydrogen-bond acceptors (Lipinski definition) is 2. The highest BCUT2D eigenvalue weighted by atomic mass is 15.2. The molecule has 1 atom stereocenters. The van der Waals surface area contributed by atoms with Crippen molar-refractivity contribution < 1.29 is 0 Å². The zero-order valence-electron chi connectivity index (χ0n) is 14.0. The molecule has 1 saturated carbocycles. The fraction of sp³-hybridized carbons (Fsp3) is 0.824. The summed E-state index contributed by atoms with van der Waals surface area (Å²) in [7, 11) is 2.04. The zero-order chi connectivity index (χ0) is 15.0. The fourth-order valence-electron chi connectivity index (χ4n) is 3.92. The molecule has 3 nitrogen and oxygen atoms in total. The van der Waals surface area contributed by atoms with Gasteiger partial charge in [0.15, 0.2) is 0 Å². The van der Waals surface area contributed by atoms with E-state index in [9.17, 15) is 0 Å². The first kappa shape index (κ1) is 15.6. The van der Waals surface area contributed by atoms with E-state index in [1.54, 1.807) is 0 Å². The third-order valence-electron chi connectivity index (χ3n) is 5.83. The van der Waals surface area contributed by atoms with Crippen LogP contribution in [0.3, 0.4) is 0 Å². The Labute approximate surface area is 124 Å². The molecule has 1 aliphatic rings. The first-order valence-electron chi connectivity index (χ1n) is 8.02. The highest BCUT2D eigenvalue weighted by Crippen LogP contribution is 2.70. The lowest BCUT2D eigenvalue weighted by atomic mass is 9.98. The summed E-state index contributed by atoms with van der Waals surface area (Å²) in [4.78, 5) is 0. The average molecular weight is 277 g/mol. The van der Waals surface area contributed by atoms with Crippen molar-refractivity contribution in [3.05, 3.63) is 18.0 Å². The Balaban J connectivity index is 2.00. The smallest absolute Gasteiger partial charge is 0.0492 e. The van der Waals surface area contributed by atoms with Gasteiger partial charge in [-0.05, 0) is 48.6 Å². The molecule has 1 aromatic rings. The monoisotopic (exact) mass is 277 g/mol. The molecule has 0 bridgehead atoms. The van der Waals surface area contributed by atoms with Gasteiger partial charge in [0.1, 0.15) is 0 Å². The summed E-state index contributed by atoms with van der Waals surface area (Å²) in [6, 6.07) is 2.76.